The van der Waals surface area contributed by atoms with Crippen LogP contribution >= 0.6 is 11.8 Å². The molecule has 0 aliphatic carbocycles. The number of benzene rings is 1. The van der Waals surface area contributed by atoms with Gasteiger partial charge in [0.1, 0.15) is 0 Å². The fourth-order valence-corrected chi connectivity index (χ4v) is 3.84. The van der Waals surface area contributed by atoms with Gasteiger partial charge in [0.2, 0.25) is 0 Å². The molecule has 2 amide bonds. The van der Waals surface area contributed by atoms with Crippen LogP contribution in [-0.4, -0.2) is 16.4 Å². The van der Waals surface area contributed by atoms with Gasteiger partial charge in [-0.2, -0.15) is 0 Å². The molecule has 2 heterocycles. The van der Waals surface area contributed by atoms with Gasteiger partial charge < -0.3 is 15.2 Å². The summed E-state index contributed by atoms with van der Waals surface area (Å²) < 4.78 is 2.09. The maximum Gasteiger partial charge on any atom is 0.315 e. The number of urea groups is 1. The number of rotatable bonds is 3. The van der Waals surface area contributed by atoms with Crippen LogP contribution in [-0.2, 0) is 13.6 Å². The maximum atomic E-state index is 12.2. The van der Waals surface area contributed by atoms with Gasteiger partial charge in [-0.1, -0.05) is 18.2 Å². The SMILES string of the molecule is Cc1ccc(CNC(=O)N[C@@H]2CCSc3ccccc32)n1C. The van der Waals surface area contributed by atoms with Gasteiger partial charge in [0.25, 0.3) is 0 Å². The van der Waals surface area contributed by atoms with E-state index in [-0.39, 0.29) is 12.1 Å². The zero-order valence-corrected chi connectivity index (χ0v) is 13.7. The minimum atomic E-state index is -0.106. The summed E-state index contributed by atoms with van der Waals surface area (Å²) in [5, 5.41) is 6.05. The molecule has 116 valence electrons. The van der Waals surface area contributed by atoms with Gasteiger partial charge in [-0.05, 0) is 37.1 Å². The molecule has 0 fully saturated rings. The van der Waals surface area contributed by atoms with Gasteiger partial charge in [0.15, 0.2) is 0 Å². The third kappa shape index (κ3) is 3.14. The zero-order chi connectivity index (χ0) is 15.5. The molecule has 1 atom stereocenters. The summed E-state index contributed by atoms with van der Waals surface area (Å²) >= 11 is 1.86. The molecule has 0 radical (unpaired) electrons. The molecule has 1 aliphatic heterocycles. The second kappa shape index (κ2) is 6.48. The first kappa shape index (κ1) is 15.0. The molecule has 0 unspecified atom stereocenters. The Bertz CT molecular complexity index is 680. The summed E-state index contributed by atoms with van der Waals surface area (Å²) in [7, 11) is 2.01. The lowest BCUT2D eigenvalue weighted by Crippen LogP contribution is -2.38. The second-order valence-corrected chi connectivity index (χ2v) is 6.72. The van der Waals surface area contributed by atoms with Gasteiger partial charge in [0, 0.05) is 29.1 Å². The molecule has 5 heteroatoms. The highest BCUT2D eigenvalue weighted by atomic mass is 32.2. The van der Waals surface area contributed by atoms with Gasteiger partial charge in [0.05, 0.1) is 12.6 Å². The largest absolute Gasteiger partial charge is 0.350 e. The monoisotopic (exact) mass is 315 g/mol. The summed E-state index contributed by atoms with van der Waals surface area (Å²) in [5.41, 5.74) is 3.52. The first-order valence-corrected chi connectivity index (χ1v) is 8.51. The van der Waals surface area contributed by atoms with Crippen LogP contribution in [0.4, 0.5) is 4.79 Å². The van der Waals surface area contributed by atoms with Gasteiger partial charge >= 0.3 is 6.03 Å². The maximum absolute atomic E-state index is 12.2. The first-order valence-electron chi connectivity index (χ1n) is 7.52. The molecule has 2 aromatic rings. The Labute approximate surface area is 135 Å². The molecule has 1 aliphatic rings. The Balaban J connectivity index is 1.60. The van der Waals surface area contributed by atoms with E-state index in [1.807, 2.05) is 37.0 Å². The number of carbonyl (C=O) groups is 1. The molecule has 1 aromatic carbocycles. The first-order chi connectivity index (χ1) is 10.6. The highest BCUT2D eigenvalue weighted by Gasteiger charge is 2.21. The Hall–Kier alpha value is -1.88. The number of carbonyl (C=O) groups excluding carboxylic acids is 1. The van der Waals surface area contributed by atoms with Crippen molar-refractivity contribution in [3.05, 3.63) is 53.3 Å². The van der Waals surface area contributed by atoms with Crippen LogP contribution in [0.5, 0.6) is 0 Å². The van der Waals surface area contributed by atoms with Gasteiger partial charge in [-0.25, -0.2) is 4.79 Å². The van der Waals surface area contributed by atoms with Crippen LogP contribution in [0.15, 0.2) is 41.3 Å². The van der Waals surface area contributed by atoms with E-state index >= 15 is 0 Å². The molecule has 0 bridgehead atoms. The predicted molar refractivity (Wildman–Crippen MR) is 90.0 cm³/mol. The van der Waals surface area contributed by atoms with Crippen LogP contribution in [0.2, 0.25) is 0 Å². The Morgan fingerprint density at radius 2 is 2.14 bits per heavy atom. The van der Waals surface area contributed by atoms with E-state index in [2.05, 4.69) is 40.3 Å². The molecule has 22 heavy (non-hydrogen) atoms. The van der Waals surface area contributed by atoms with Crippen molar-refractivity contribution in [3.8, 4) is 0 Å². The van der Waals surface area contributed by atoms with E-state index in [1.54, 1.807) is 0 Å². The lowest BCUT2D eigenvalue weighted by atomic mass is 10.0. The number of thioether (sulfide) groups is 1. The average Bonchev–Trinajstić information content (AvgIpc) is 2.85. The van der Waals surface area contributed by atoms with Crippen molar-refractivity contribution in [3.63, 3.8) is 0 Å². The van der Waals surface area contributed by atoms with Crippen LogP contribution in [0.1, 0.15) is 29.4 Å². The third-order valence-electron chi connectivity index (χ3n) is 4.17. The summed E-state index contributed by atoms with van der Waals surface area (Å²) in [4.78, 5) is 13.4. The normalized spacial score (nSPS) is 16.9. The number of hydrogen-bond acceptors (Lipinski definition) is 2. The minimum Gasteiger partial charge on any atom is -0.350 e. The Kier molecular flexibility index (Phi) is 4.43. The molecule has 0 saturated carbocycles. The van der Waals surface area contributed by atoms with Crippen molar-refractivity contribution in [1.82, 2.24) is 15.2 Å². The molecular formula is C17H21N3OS. The van der Waals surface area contributed by atoms with Crippen molar-refractivity contribution < 1.29 is 4.79 Å². The van der Waals surface area contributed by atoms with E-state index in [9.17, 15) is 4.79 Å². The molecule has 0 spiro atoms. The van der Waals surface area contributed by atoms with Gasteiger partial charge in [-0.15, -0.1) is 11.8 Å². The van der Waals surface area contributed by atoms with E-state index < -0.39 is 0 Å². The van der Waals surface area contributed by atoms with Crippen molar-refractivity contribution in [2.45, 2.75) is 30.8 Å². The zero-order valence-electron chi connectivity index (χ0n) is 12.9. The molecular weight excluding hydrogens is 294 g/mol. The summed E-state index contributed by atoms with van der Waals surface area (Å²) in [6.07, 6.45) is 0.971. The van der Waals surface area contributed by atoms with E-state index in [1.165, 1.54) is 16.2 Å². The fourth-order valence-electron chi connectivity index (χ4n) is 2.72. The minimum absolute atomic E-state index is 0.104. The molecule has 1 aromatic heterocycles. The number of aromatic nitrogens is 1. The average molecular weight is 315 g/mol. The lowest BCUT2D eigenvalue weighted by molar-refractivity contribution is 0.236. The topological polar surface area (TPSA) is 46.1 Å². The van der Waals surface area contributed by atoms with Gasteiger partial charge in [-0.3, -0.25) is 0 Å². The molecule has 3 rings (SSSR count). The summed E-state index contributed by atoms with van der Waals surface area (Å²) in [6.45, 7) is 2.60. The Morgan fingerprint density at radius 3 is 2.91 bits per heavy atom. The van der Waals surface area contributed by atoms with Crippen molar-refractivity contribution in [2.24, 2.45) is 7.05 Å². The van der Waals surface area contributed by atoms with Crippen LogP contribution < -0.4 is 10.6 Å². The molecule has 0 saturated heterocycles. The lowest BCUT2D eigenvalue weighted by Gasteiger charge is -2.26. The summed E-state index contributed by atoms with van der Waals surface area (Å²) in [6, 6.07) is 12.4. The Morgan fingerprint density at radius 1 is 1.32 bits per heavy atom. The van der Waals surface area contributed by atoms with Crippen molar-refractivity contribution in [2.75, 3.05) is 5.75 Å². The molecule has 2 N–H and O–H groups in total. The van der Waals surface area contributed by atoms with Crippen LogP contribution in [0.25, 0.3) is 0 Å². The number of nitrogens with one attached hydrogen (secondary N) is 2. The highest BCUT2D eigenvalue weighted by Crippen LogP contribution is 2.35. The standard InChI is InChI=1S/C17H21N3OS/c1-12-7-8-13(20(12)2)11-18-17(21)19-15-9-10-22-16-6-4-3-5-14(15)16/h3-8,15H,9-11H2,1-2H3,(H2,18,19,21)/t15-/m1/s1. The van der Waals surface area contributed by atoms with Crippen LogP contribution in [0, 0.1) is 6.92 Å². The molecule has 4 nitrogen and oxygen atoms in total. The predicted octanol–water partition coefficient (Wildman–Crippen LogP) is 3.37. The summed E-state index contributed by atoms with van der Waals surface area (Å²) in [5.74, 6) is 1.04. The number of aryl methyl sites for hydroxylation is 1. The number of amides is 2. The number of fused-ring (bicyclic) bond motifs is 1. The van der Waals surface area contributed by atoms with E-state index in [0.717, 1.165) is 17.9 Å². The van der Waals surface area contributed by atoms with Crippen molar-refractivity contribution in [1.29, 1.82) is 0 Å². The smallest absolute Gasteiger partial charge is 0.315 e. The van der Waals surface area contributed by atoms with Crippen molar-refractivity contribution >= 4 is 17.8 Å². The highest BCUT2D eigenvalue weighted by molar-refractivity contribution is 7.99. The third-order valence-corrected chi connectivity index (χ3v) is 5.29. The second-order valence-electron chi connectivity index (χ2n) is 5.58. The quantitative estimate of drug-likeness (QED) is 0.912. The number of nitrogens with zero attached hydrogens (tertiary/aromatic N) is 1. The van der Waals surface area contributed by atoms with E-state index in [0.29, 0.717) is 6.54 Å². The fraction of sp³-hybridized carbons (Fsp3) is 0.353. The van der Waals surface area contributed by atoms with E-state index in [4.69, 9.17) is 0 Å². The van der Waals surface area contributed by atoms with Crippen LogP contribution in [0.3, 0.4) is 0 Å². The number of hydrogen-bond donors (Lipinski definition) is 2.